The maximum atomic E-state index is 10.0. The Morgan fingerprint density at radius 1 is 0.800 bits per heavy atom. The van der Waals surface area contributed by atoms with Crippen LogP contribution in [0, 0.1) is 0 Å². The molecule has 0 saturated carbocycles. The van der Waals surface area contributed by atoms with Crippen molar-refractivity contribution < 1.29 is 50.0 Å². The standard InChI is InChI=1S/C12H21N3O10/c13-15-14-5-3(1-16)23-11(9(21)7(5)19)25-12-10(22)8(20)6(18)4(2-17)24-12/h3-12,16-22H,1-2H2/t3?,4?,5?,6-,7?,8?,9?,10?,11-,12-/m1/s1. The number of hydrogen-bond acceptors (Lipinski definition) is 11. The number of rotatable bonds is 5. The van der Waals surface area contributed by atoms with E-state index in [2.05, 4.69) is 10.0 Å². The molecule has 2 heterocycles. The van der Waals surface area contributed by atoms with Crippen molar-refractivity contribution in [1.29, 1.82) is 0 Å². The molecule has 0 aromatic rings. The first-order valence-corrected chi connectivity index (χ1v) is 7.48. The molecule has 7 unspecified atom stereocenters. The lowest BCUT2D eigenvalue weighted by Crippen LogP contribution is -2.63. The number of ether oxygens (including phenoxy) is 3. The van der Waals surface area contributed by atoms with E-state index in [1.807, 2.05) is 0 Å². The monoisotopic (exact) mass is 367 g/mol. The van der Waals surface area contributed by atoms with Crippen LogP contribution in [0.25, 0.3) is 10.4 Å². The molecule has 25 heavy (non-hydrogen) atoms. The van der Waals surface area contributed by atoms with Gasteiger partial charge in [-0.2, -0.15) is 0 Å². The largest absolute Gasteiger partial charge is 0.394 e. The zero-order chi connectivity index (χ0) is 18.7. The minimum Gasteiger partial charge on any atom is -0.394 e. The predicted octanol–water partition coefficient (Wildman–Crippen LogP) is -4.08. The third-order valence-electron chi connectivity index (χ3n) is 4.15. The van der Waals surface area contributed by atoms with Crippen molar-refractivity contribution in [1.82, 2.24) is 0 Å². The van der Waals surface area contributed by atoms with E-state index in [9.17, 15) is 30.6 Å². The topological polar surface area (TPSA) is 218 Å². The predicted molar refractivity (Wildman–Crippen MR) is 75.5 cm³/mol. The van der Waals surface area contributed by atoms with Crippen molar-refractivity contribution >= 4 is 0 Å². The summed E-state index contributed by atoms with van der Waals surface area (Å²) in [6.45, 7) is -1.35. The Kier molecular flexibility index (Phi) is 6.90. The average molecular weight is 367 g/mol. The summed E-state index contributed by atoms with van der Waals surface area (Å²) in [7, 11) is 0. The molecule has 0 amide bonds. The van der Waals surface area contributed by atoms with Crippen LogP contribution >= 0.6 is 0 Å². The number of nitrogens with zero attached hydrogens (tertiary/aromatic N) is 3. The Balaban J connectivity index is 2.12. The summed E-state index contributed by atoms with van der Waals surface area (Å²) in [6.07, 6.45) is -14.1. The molecule has 13 heteroatoms. The highest BCUT2D eigenvalue weighted by atomic mass is 16.8. The Labute approximate surface area is 141 Å². The smallest absolute Gasteiger partial charge is 0.189 e. The van der Waals surface area contributed by atoms with Gasteiger partial charge in [-0.1, -0.05) is 5.11 Å². The van der Waals surface area contributed by atoms with Crippen LogP contribution in [-0.4, -0.2) is 110 Å². The Morgan fingerprint density at radius 3 is 1.84 bits per heavy atom. The molecule has 0 spiro atoms. The molecule has 2 aliphatic heterocycles. The molecule has 144 valence electrons. The van der Waals surface area contributed by atoms with Crippen LogP contribution in [0.15, 0.2) is 5.11 Å². The molecule has 0 bridgehead atoms. The van der Waals surface area contributed by atoms with Crippen molar-refractivity contribution in [3.63, 3.8) is 0 Å². The van der Waals surface area contributed by atoms with E-state index < -0.39 is 74.6 Å². The molecule has 13 nitrogen and oxygen atoms in total. The van der Waals surface area contributed by atoms with Gasteiger partial charge in [0, 0.05) is 4.91 Å². The average Bonchev–Trinajstić information content (AvgIpc) is 2.61. The summed E-state index contributed by atoms with van der Waals surface area (Å²) >= 11 is 0. The van der Waals surface area contributed by atoms with Crippen molar-refractivity contribution in [2.45, 2.75) is 61.3 Å². The Morgan fingerprint density at radius 2 is 1.32 bits per heavy atom. The molecular weight excluding hydrogens is 346 g/mol. The second kappa shape index (κ2) is 8.53. The van der Waals surface area contributed by atoms with Gasteiger partial charge in [0.2, 0.25) is 0 Å². The molecular formula is C12H21N3O10. The minimum atomic E-state index is -1.74. The maximum Gasteiger partial charge on any atom is 0.189 e. The normalized spacial score (nSPS) is 48.0. The summed E-state index contributed by atoms with van der Waals surface area (Å²) in [5.41, 5.74) is 8.48. The molecule has 7 N–H and O–H groups in total. The van der Waals surface area contributed by atoms with Gasteiger partial charge in [0.25, 0.3) is 0 Å². The highest BCUT2D eigenvalue weighted by molar-refractivity contribution is 4.95. The SMILES string of the molecule is [N-]=[N+]=NC1C(CO)O[C@H](O[C@H]2OC(CO)[C@@H](O)C(O)C2O)C(O)C1O. The first kappa shape index (κ1) is 20.2. The maximum absolute atomic E-state index is 10.0. The lowest BCUT2D eigenvalue weighted by Gasteiger charge is -2.44. The lowest BCUT2D eigenvalue weighted by molar-refractivity contribution is -0.368. The molecule has 0 aromatic carbocycles. The van der Waals surface area contributed by atoms with Gasteiger partial charge in [0.05, 0.1) is 31.5 Å². The van der Waals surface area contributed by atoms with Crippen LogP contribution in [0.1, 0.15) is 0 Å². The second-order valence-electron chi connectivity index (χ2n) is 5.74. The van der Waals surface area contributed by atoms with E-state index >= 15 is 0 Å². The quantitative estimate of drug-likeness (QED) is 0.141. The van der Waals surface area contributed by atoms with Crippen LogP contribution in [0.3, 0.4) is 0 Å². The van der Waals surface area contributed by atoms with Crippen molar-refractivity contribution in [3.05, 3.63) is 10.4 Å². The van der Waals surface area contributed by atoms with Crippen molar-refractivity contribution in [3.8, 4) is 0 Å². The highest BCUT2D eigenvalue weighted by Gasteiger charge is 2.49. The van der Waals surface area contributed by atoms with E-state index in [0.29, 0.717) is 0 Å². The fourth-order valence-corrected chi connectivity index (χ4v) is 2.69. The zero-order valence-electron chi connectivity index (χ0n) is 12.9. The van der Waals surface area contributed by atoms with Gasteiger partial charge < -0.3 is 50.0 Å². The van der Waals surface area contributed by atoms with E-state index in [1.54, 1.807) is 0 Å². The summed E-state index contributed by atoms with van der Waals surface area (Å²) in [5.74, 6) is 0. The van der Waals surface area contributed by atoms with E-state index in [0.717, 1.165) is 0 Å². The molecule has 10 atom stereocenters. The van der Waals surface area contributed by atoms with E-state index in [1.165, 1.54) is 0 Å². The molecule has 2 aliphatic rings. The van der Waals surface area contributed by atoms with Gasteiger partial charge in [-0.15, -0.1) is 0 Å². The van der Waals surface area contributed by atoms with E-state index in [4.69, 9.17) is 24.8 Å². The van der Waals surface area contributed by atoms with Crippen LogP contribution in [0.2, 0.25) is 0 Å². The number of azide groups is 1. The molecule has 0 radical (unpaired) electrons. The first-order chi connectivity index (χ1) is 11.8. The van der Waals surface area contributed by atoms with Crippen LogP contribution in [0.4, 0.5) is 0 Å². The first-order valence-electron chi connectivity index (χ1n) is 7.48. The van der Waals surface area contributed by atoms with Gasteiger partial charge in [-0.25, -0.2) is 0 Å². The van der Waals surface area contributed by atoms with Crippen molar-refractivity contribution in [2.24, 2.45) is 5.11 Å². The third-order valence-corrected chi connectivity index (χ3v) is 4.15. The van der Waals surface area contributed by atoms with Gasteiger partial charge in [-0.3, -0.25) is 0 Å². The molecule has 2 rings (SSSR count). The van der Waals surface area contributed by atoms with Gasteiger partial charge in [0.15, 0.2) is 12.6 Å². The van der Waals surface area contributed by atoms with Crippen molar-refractivity contribution in [2.75, 3.05) is 13.2 Å². The summed E-state index contributed by atoms with van der Waals surface area (Å²) < 4.78 is 15.5. The number of hydrogen-bond donors (Lipinski definition) is 7. The van der Waals surface area contributed by atoms with Crippen LogP contribution in [0.5, 0.6) is 0 Å². The molecule has 0 aromatic heterocycles. The van der Waals surface area contributed by atoms with E-state index in [-0.39, 0.29) is 0 Å². The van der Waals surface area contributed by atoms with Gasteiger partial charge >= 0.3 is 0 Å². The summed E-state index contributed by atoms with van der Waals surface area (Å²) in [6, 6.07) is -1.28. The zero-order valence-corrected chi connectivity index (χ0v) is 12.9. The second-order valence-corrected chi connectivity index (χ2v) is 5.74. The molecule has 2 fully saturated rings. The van der Waals surface area contributed by atoms with Gasteiger partial charge in [0.1, 0.15) is 30.5 Å². The van der Waals surface area contributed by atoms with Gasteiger partial charge in [-0.05, 0) is 5.53 Å². The molecule has 2 saturated heterocycles. The third kappa shape index (κ3) is 4.02. The molecule has 0 aliphatic carbocycles. The lowest BCUT2D eigenvalue weighted by atomic mass is 9.97. The fraction of sp³-hybridized carbons (Fsp3) is 1.00. The number of aliphatic hydroxyl groups excluding tert-OH is 7. The highest BCUT2D eigenvalue weighted by Crippen LogP contribution is 2.29. The fourth-order valence-electron chi connectivity index (χ4n) is 2.69. The van der Waals surface area contributed by atoms with Crippen LogP contribution < -0.4 is 0 Å². The minimum absolute atomic E-state index is 0.665. The Bertz CT molecular complexity index is 488. The summed E-state index contributed by atoms with van der Waals surface area (Å²) in [4.78, 5) is 2.50. The Hall–Kier alpha value is -1.09. The summed E-state index contributed by atoms with van der Waals surface area (Å²) in [5, 5.41) is 71.0. The number of aliphatic hydroxyl groups is 7. The van der Waals surface area contributed by atoms with Crippen LogP contribution in [-0.2, 0) is 14.2 Å².